The first-order valence-electron chi connectivity index (χ1n) is 5.60. The highest BCUT2D eigenvalue weighted by atomic mass is 16.3. The van der Waals surface area contributed by atoms with Crippen LogP contribution in [0.3, 0.4) is 0 Å². The number of nitrogens with zero attached hydrogens (tertiary/aromatic N) is 3. The van der Waals surface area contributed by atoms with Gasteiger partial charge in [0.15, 0.2) is 0 Å². The molecule has 6 heteroatoms. The number of amides is 1. The molecule has 2 rings (SSSR count). The molecule has 0 aliphatic carbocycles. The summed E-state index contributed by atoms with van der Waals surface area (Å²) in [5.41, 5.74) is 0.586. The summed E-state index contributed by atoms with van der Waals surface area (Å²) < 4.78 is 0. The first-order chi connectivity index (χ1) is 8.61. The molecule has 0 fully saturated rings. The topological polar surface area (TPSA) is 82.1 Å². The Morgan fingerprint density at radius 1 is 1.50 bits per heavy atom. The lowest BCUT2D eigenvalue weighted by Crippen LogP contribution is -2.27. The highest BCUT2D eigenvalue weighted by Gasteiger charge is 2.18. The molecule has 6 nitrogen and oxygen atoms in total. The zero-order valence-corrected chi connectivity index (χ0v) is 10.2. The molecule has 0 radical (unpaired) electrons. The Bertz CT molecular complexity index is 565. The lowest BCUT2D eigenvalue weighted by atomic mass is 10.3. The zero-order chi connectivity index (χ0) is 13.1. The van der Waals surface area contributed by atoms with Gasteiger partial charge in [0.1, 0.15) is 11.6 Å². The van der Waals surface area contributed by atoms with E-state index in [9.17, 15) is 9.90 Å². The predicted molar refractivity (Wildman–Crippen MR) is 66.6 cm³/mol. The van der Waals surface area contributed by atoms with Crippen LogP contribution in [0.15, 0.2) is 24.3 Å². The Morgan fingerprint density at radius 2 is 2.28 bits per heavy atom. The van der Waals surface area contributed by atoms with Crippen LogP contribution in [0.5, 0.6) is 5.75 Å². The van der Waals surface area contributed by atoms with E-state index in [0.29, 0.717) is 17.9 Å². The second kappa shape index (κ2) is 4.87. The molecule has 1 heterocycles. The van der Waals surface area contributed by atoms with Gasteiger partial charge in [-0.2, -0.15) is 0 Å². The Labute approximate surface area is 104 Å². The maximum Gasteiger partial charge on any atom is 0.297 e. The Kier molecular flexibility index (Phi) is 3.27. The van der Waals surface area contributed by atoms with Crippen molar-refractivity contribution >= 4 is 11.6 Å². The maximum absolute atomic E-state index is 12.1. The van der Waals surface area contributed by atoms with Crippen molar-refractivity contribution in [3.05, 3.63) is 35.9 Å². The summed E-state index contributed by atoms with van der Waals surface area (Å²) in [5.74, 6) is 0.577. The number of anilines is 1. The first-order valence-corrected chi connectivity index (χ1v) is 5.60. The number of aromatic nitrogens is 3. The van der Waals surface area contributed by atoms with Crippen LogP contribution in [-0.2, 0) is 6.42 Å². The van der Waals surface area contributed by atoms with Gasteiger partial charge in [0, 0.05) is 25.2 Å². The van der Waals surface area contributed by atoms with Gasteiger partial charge in [0.2, 0.25) is 5.82 Å². The van der Waals surface area contributed by atoms with E-state index in [1.54, 1.807) is 25.2 Å². The number of carbonyl (C=O) groups is 1. The van der Waals surface area contributed by atoms with E-state index in [-0.39, 0.29) is 17.5 Å². The largest absolute Gasteiger partial charge is 0.508 e. The third-order valence-corrected chi connectivity index (χ3v) is 2.58. The predicted octanol–water partition coefficient (Wildman–Crippen LogP) is 1.35. The molecule has 0 bridgehead atoms. The van der Waals surface area contributed by atoms with Crippen molar-refractivity contribution in [1.29, 1.82) is 0 Å². The molecular weight excluding hydrogens is 232 g/mol. The standard InChI is InChI=1S/C12H14N4O2/c1-3-10-13-11(15-14-10)12(18)16(2)8-5-4-6-9(17)7-8/h4-7,17H,3H2,1-2H3,(H,13,14,15). The SMILES string of the molecule is CCc1nc(C(=O)N(C)c2cccc(O)c2)n[nH]1. The Morgan fingerprint density at radius 3 is 2.89 bits per heavy atom. The van der Waals surface area contributed by atoms with E-state index >= 15 is 0 Å². The Balaban J connectivity index is 2.23. The van der Waals surface area contributed by atoms with Crippen LogP contribution in [0.2, 0.25) is 0 Å². The van der Waals surface area contributed by atoms with Gasteiger partial charge in [0.05, 0.1) is 0 Å². The zero-order valence-electron chi connectivity index (χ0n) is 10.2. The second-order valence-electron chi connectivity index (χ2n) is 3.84. The van der Waals surface area contributed by atoms with E-state index in [1.165, 1.54) is 11.0 Å². The molecular formula is C12H14N4O2. The van der Waals surface area contributed by atoms with E-state index < -0.39 is 0 Å². The average molecular weight is 246 g/mol. The number of carbonyl (C=O) groups excluding carboxylic acids is 1. The van der Waals surface area contributed by atoms with Gasteiger partial charge in [-0.1, -0.05) is 13.0 Å². The van der Waals surface area contributed by atoms with Crippen molar-refractivity contribution in [3.8, 4) is 5.75 Å². The molecule has 2 aromatic rings. The monoisotopic (exact) mass is 246 g/mol. The number of nitrogens with one attached hydrogen (secondary N) is 1. The number of benzene rings is 1. The first kappa shape index (κ1) is 12.1. The fraction of sp³-hybridized carbons (Fsp3) is 0.250. The molecule has 0 atom stereocenters. The minimum Gasteiger partial charge on any atom is -0.508 e. The lowest BCUT2D eigenvalue weighted by molar-refractivity contribution is 0.0983. The van der Waals surface area contributed by atoms with Crippen LogP contribution < -0.4 is 4.90 Å². The van der Waals surface area contributed by atoms with Crippen molar-refractivity contribution < 1.29 is 9.90 Å². The van der Waals surface area contributed by atoms with E-state index in [4.69, 9.17) is 0 Å². The summed E-state index contributed by atoms with van der Waals surface area (Å²) in [6.45, 7) is 1.92. The number of hydrogen-bond acceptors (Lipinski definition) is 4. The van der Waals surface area contributed by atoms with Gasteiger partial charge in [-0.15, -0.1) is 5.10 Å². The minimum absolute atomic E-state index is 0.108. The van der Waals surface area contributed by atoms with Crippen molar-refractivity contribution in [3.63, 3.8) is 0 Å². The summed E-state index contributed by atoms with van der Waals surface area (Å²) in [4.78, 5) is 17.6. The summed E-state index contributed by atoms with van der Waals surface area (Å²) in [7, 11) is 1.61. The van der Waals surface area contributed by atoms with Crippen LogP contribution in [0, 0.1) is 0 Å². The summed E-state index contributed by atoms with van der Waals surface area (Å²) in [5, 5.41) is 15.9. The Hall–Kier alpha value is -2.37. The smallest absolute Gasteiger partial charge is 0.297 e. The van der Waals surface area contributed by atoms with Gasteiger partial charge in [-0.25, -0.2) is 4.98 Å². The number of aryl methyl sites for hydroxylation is 1. The molecule has 0 aliphatic rings. The number of phenols is 1. The molecule has 1 aromatic carbocycles. The van der Waals surface area contributed by atoms with Crippen LogP contribution in [0.4, 0.5) is 5.69 Å². The minimum atomic E-state index is -0.323. The third kappa shape index (κ3) is 2.32. The number of H-pyrrole nitrogens is 1. The normalized spacial score (nSPS) is 10.3. The highest BCUT2D eigenvalue weighted by molar-refractivity contribution is 6.03. The molecule has 94 valence electrons. The third-order valence-electron chi connectivity index (χ3n) is 2.58. The molecule has 0 aliphatic heterocycles. The van der Waals surface area contributed by atoms with Crippen molar-refractivity contribution in [2.24, 2.45) is 0 Å². The molecule has 1 aromatic heterocycles. The van der Waals surface area contributed by atoms with Crippen LogP contribution in [-0.4, -0.2) is 33.2 Å². The molecule has 0 unspecified atom stereocenters. The average Bonchev–Trinajstić information content (AvgIpc) is 2.85. The summed E-state index contributed by atoms with van der Waals surface area (Å²) in [6.07, 6.45) is 0.691. The van der Waals surface area contributed by atoms with Crippen LogP contribution in [0.1, 0.15) is 23.4 Å². The van der Waals surface area contributed by atoms with Gasteiger partial charge in [0.25, 0.3) is 5.91 Å². The van der Waals surface area contributed by atoms with Gasteiger partial charge in [-0.05, 0) is 12.1 Å². The van der Waals surface area contributed by atoms with Crippen LogP contribution in [0.25, 0.3) is 0 Å². The van der Waals surface area contributed by atoms with Crippen molar-refractivity contribution in [2.45, 2.75) is 13.3 Å². The summed E-state index contributed by atoms with van der Waals surface area (Å²) in [6, 6.07) is 6.45. The lowest BCUT2D eigenvalue weighted by Gasteiger charge is -2.15. The maximum atomic E-state index is 12.1. The van der Waals surface area contributed by atoms with E-state index in [2.05, 4.69) is 15.2 Å². The van der Waals surface area contributed by atoms with Crippen molar-refractivity contribution in [2.75, 3.05) is 11.9 Å². The van der Waals surface area contributed by atoms with E-state index in [0.717, 1.165) is 0 Å². The number of phenolic OH excluding ortho intramolecular Hbond substituents is 1. The molecule has 2 N–H and O–H groups in total. The molecule has 0 saturated carbocycles. The summed E-state index contributed by atoms with van der Waals surface area (Å²) >= 11 is 0. The number of aromatic hydroxyl groups is 1. The number of rotatable bonds is 3. The van der Waals surface area contributed by atoms with Crippen molar-refractivity contribution in [1.82, 2.24) is 15.2 Å². The fourth-order valence-corrected chi connectivity index (χ4v) is 1.52. The highest BCUT2D eigenvalue weighted by Crippen LogP contribution is 2.19. The van der Waals surface area contributed by atoms with Gasteiger partial charge in [-0.3, -0.25) is 9.89 Å². The molecule has 1 amide bonds. The molecule has 18 heavy (non-hydrogen) atoms. The molecule has 0 spiro atoms. The quantitative estimate of drug-likeness (QED) is 0.856. The van der Waals surface area contributed by atoms with E-state index in [1.807, 2.05) is 6.92 Å². The fourth-order valence-electron chi connectivity index (χ4n) is 1.52. The van der Waals surface area contributed by atoms with Gasteiger partial charge < -0.3 is 10.0 Å². The number of hydrogen-bond donors (Lipinski definition) is 2. The van der Waals surface area contributed by atoms with Crippen LogP contribution >= 0.6 is 0 Å². The molecule has 0 saturated heterocycles. The number of aromatic amines is 1. The van der Waals surface area contributed by atoms with Gasteiger partial charge >= 0.3 is 0 Å². The second-order valence-corrected chi connectivity index (χ2v) is 3.84.